The van der Waals surface area contributed by atoms with Crippen LogP contribution in [0.25, 0.3) is 0 Å². The van der Waals surface area contributed by atoms with E-state index >= 15 is 0 Å². The Morgan fingerprint density at radius 3 is 1.89 bits per heavy atom. The van der Waals surface area contributed by atoms with E-state index in [1.165, 1.54) is 11.1 Å². The lowest BCUT2D eigenvalue weighted by Gasteiger charge is -1.95. The van der Waals surface area contributed by atoms with Crippen LogP contribution in [0.15, 0.2) is 60.7 Å². The molecule has 0 saturated carbocycles. The molecule has 0 unspecified atom stereocenters. The maximum Gasteiger partial charge on any atom is 0.120 e. The van der Waals surface area contributed by atoms with Gasteiger partial charge in [0.15, 0.2) is 0 Å². The molecule has 0 atom stereocenters. The first-order valence-electron chi connectivity index (χ1n) is 6.37. The van der Waals surface area contributed by atoms with Crippen molar-refractivity contribution >= 4 is 6.29 Å². The second-order valence-electron chi connectivity index (χ2n) is 4.11. The molecule has 2 aromatic rings. The Hall–Kier alpha value is -1.93. The third kappa shape index (κ3) is 7.17. The molecule has 2 aromatic carbocycles. The summed E-state index contributed by atoms with van der Waals surface area (Å²) in [5.41, 5.74) is 2.45. The fourth-order valence-electron chi connectivity index (χ4n) is 1.61. The molecule has 2 rings (SSSR count). The first-order chi connectivity index (χ1) is 9.36. The molecule has 0 aromatic heterocycles. The fourth-order valence-corrected chi connectivity index (χ4v) is 1.61. The molecule has 0 radical (unpaired) electrons. The summed E-state index contributed by atoms with van der Waals surface area (Å²) in [6, 6.07) is 20.1. The SMILES string of the molecule is COCc1ccccc1.O=CCCc1ccccc1. The summed E-state index contributed by atoms with van der Waals surface area (Å²) in [5.74, 6) is 0. The van der Waals surface area contributed by atoms with Crippen LogP contribution < -0.4 is 0 Å². The zero-order valence-corrected chi connectivity index (χ0v) is 11.3. The highest BCUT2D eigenvalue weighted by atomic mass is 16.5. The van der Waals surface area contributed by atoms with E-state index in [0.29, 0.717) is 13.0 Å². The number of rotatable bonds is 5. The molecule has 0 bridgehead atoms. The van der Waals surface area contributed by atoms with Gasteiger partial charge in [-0.25, -0.2) is 0 Å². The number of benzene rings is 2. The highest BCUT2D eigenvalue weighted by molar-refractivity contribution is 5.49. The number of aryl methyl sites for hydroxylation is 1. The van der Waals surface area contributed by atoms with Gasteiger partial charge in [0.2, 0.25) is 0 Å². The zero-order chi connectivity index (χ0) is 13.8. The van der Waals surface area contributed by atoms with Crippen molar-refractivity contribution in [1.29, 1.82) is 0 Å². The molecule has 0 N–H and O–H groups in total. The minimum atomic E-state index is 0.629. The third-order valence-electron chi connectivity index (χ3n) is 2.55. The molecular weight excluding hydrogens is 236 g/mol. The van der Waals surface area contributed by atoms with Gasteiger partial charge in [0.1, 0.15) is 6.29 Å². The number of methoxy groups -OCH3 is 1. The molecule has 0 fully saturated rings. The van der Waals surface area contributed by atoms with E-state index < -0.39 is 0 Å². The maximum absolute atomic E-state index is 9.98. The van der Waals surface area contributed by atoms with Crippen molar-refractivity contribution in [2.75, 3.05) is 7.11 Å². The van der Waals surface area contributed by atoms with Crippen molar-refractivity contribution < 1.29 is 9.53 Å². The predicted molar refractivity (Wildman–Crippen MR) is 78.0 cm³/mol. The lowest BCUT2D eigenvalue weighted by Crippen LogP contribution is -1.84. The molecule has 19 heavy (non-hydrogen) atoms. The van der Waals surface area contributed by atoms with E-state index in [0.717, 1.165) is 12.7 Å². The van der Waals surface area contributed by atoms with Crippen molar-refractivity contribution in [1.82, 2.24) is 0 Å². The van der Waals surface area contributed by atoms with E-state index in [2.05, 4.69) is 0 Å². The summed E-state index contributed by atoms with van der Waals surface area (Å²) >= 11 is 0. The van der Waals surface area contributed by atoms with E-state index in [1.807, 2.05) is 60.7 Å². The van der Waals surface area contributed by atoms with Gasteiger partial charge in [-0.15, -0.1) is 0 Å². The molecule has 0 spiro atoms. The van der Waals surface area contributed by atoms with Crippen LogP contribution in [0.1, 0.15) is 17.5 Å². The monoisotopic (exact) mass is 256 g/mol. The van der Waals surface area contributed by atoms with Crippen molar-refractivity contribution in [3.63, 3.8) is 0 Å². The molecule has 2 heteroatoms. The summed E-state index contributed by atoms with van der Waals surface area (Å²) in [7, 11) is 1.70. The largest absolute Gasteiger partial charge is 0.380 e. The topological polar surface area (TPSA) is 26.3 Å². The summed E-state index contributed by atoms with van der Waals surface area (Å²) in [4.78, 5) is 9.98. The van der Waals surface area contributed by atoms with Crippen LogP contribution in [0.2, 0.25) is 0 Å². The fraction of sp³-hybridized carbons (Fsp3) is 0.235. The predicted octanol–water partition coefficient (Wildman–Crippen LogP) is 3.65. The van der Waals surface area contributed by atoms with Gasteiger partial charge in [-0.3, -0.25) is 0 Å². The highest BCUT2D eigenvalue weighted by Crippen LogP contribution is 2.00. The molecule has 0 aliphatic heterocycles. The average molecular weight is 256 g/mol. The van der Waals surface area contributed by atoms with Gasteiger partial charge < -0.3 is 9.53 Å². The van der Waals surface area contributed by atoms with Crippen molar-refractivity contribution in [3.8, 4) is 0 Å². The summed E-state index contributed by atoms with van der Waals surface area (Å²) in [5, 5.41) is 0. The van der Waals surface area contributed by atoms with Crippen LogP contribution in [0.3, 0.4) is 0 Å². The van der Waals surface area contributed by atoms with E-state index in [-0.39, 0.29) is 0 Å². The standard InChI is InChI=1S/C9H10O.C8H10O/c10-8-4-7-9-5-2-1-3-6-9;1-9-7-8-5-3-2-4-6-8/h1-3,5-6,8H,4,7H2;2-6H,7H2,1H3. The zero-order valence-electron chi connectivity index (χ0n) is 11.3. The number of carbonyl (C=O) groups excluding carboxylic acids is 1. The number of carbonyl (C=O) groups is 1. The van der Waals surface area contributed by atoms with Crippen molar-refractivity contribution in [2.24, 2.45) is 0 Å². The first-order valence-corrected chi connectivity index (χ1v) is 6.37. The number of ether oxygens (including phenoxy) is 1. The number of aldehydes is 1. The Balaban J connectivity index is 0.000000191. The van der Waals surface area contributed by atoms with Crippen molar-refractivity contribution in [3.05, 3.63) is 71.8 Å². The number of hydrogen-bond acceptors (Lipinski definition) is 2. The smallest absolute Gasteiger partial charge is 0.120 e. The second-order valence-corrected chi connectivity index (χ2v) is 4.11. The maximum atomic E-state index is 9.98. The van der Waals surface area contributed by atoms with Crippen LogP contribution in [-0.2, 0) is 22.6 Å². The minimum Gasteiger partial charge on any atom is -0.380 e. The van der Waals surface area contributed by atoms with Crippen LogP contribution in [0, 0.1) is 0 Å². The molecule has 0 amide bonds. The van der Waals surface area contributed by atoms with Crippen LogP contribution in [-0.4, -0.2) is 13.4 Å². The van der Waals surface area contributed by atoms with Gasteiger partial charge in [0, 0.05) is 13.5 Å². The Bertz CT molecular complexity index is 437. The van der Waals surface area contributed by atoms with Gasteiger partial charge in [-0.05, 0) is 17.5 Å². The van der Waals surface area contributed by atoms with Gasteiger partial charge in [-0.1, -0.05) is 60.7 Å². The second kappa shape index (κ2) is 10.0. The van der Waals surface area contributed by atoms with Crippen LogP contribution in [0.5, 0.6) is 0 Å². The van der Waals surface area contributed by atoms with E-state index in [1.54, 1.807) is 7.11 Å². The van der Waals surface area contributed by atoms with Crippen LogP contribution in [0.4, 0.5) is 0 Å². The van der Waals surface area contributed by atoms with Gasteiger partial charge in [0.25, 0.3) is 0 Å². The summed E-state index contributed by atoms with van der Waals surface area (Å²) in [6.45, 7) is 0.709. The van der Waals surface area contributed by atoms with Gasteiger partial charge in [0.05, 0.1) is 6.61 Å². The van der Waals surface area contributed by atoms with Crippen LogP contribution >= 0.6 is 0 Å². The molecule has 100 valence electrons. The van der Waals surface area contributed by atoms with Gasteiger partial charge >= 0.3 is 0 Å². The van der Waals surface area contributed by atoms with E-state index in [4.69, 9.17) is 4.74 Å². The normalized spacial score (nSPS) is 9.32. The molecule has 0 heterocycles. The molecular formula is C17H20O2. The molecule has 2 nitrogen and oxygen atoms in total. The third-order valence-corrected chi connectivity index (χ3v) is 2.55. The van der Waals surface area contributed by atoms with Gasteiger partial charge in [-0.2, -0.15) is 0 Å². The van der Waals surface area contributed by atoms with E-state index in [9.17, 15) is 4.79 Å². The first kappa shape index (κ1) is 15.1. The Kier molecular flexibility index (Phi) is 7.99. The summed E-state index contributed by atoms with van der Waals surface area (Å²) in [6.07, 6.45) is 2.45. The van der Waals surface area contributed by atoms with Crippen molar-refractivity contribution in [2.45, 2.75) is 19.4 Å². The summed E-state index contributed by atoms with van der Waals surface area (Å²) < 4.78 is 4.93. The lowest BCUT2D eigenvalue weighted by atomic mass is 10.1. The average Bonchev–Trinajstić information content (AvgIpc) is 2.48. The Morgan fingerprint density at radius 2 is 1.42 bits per heavy atom. The number of hydrogen-bond donors (Lipinski definition) is 0. The molecule has 0 aliphatic rings. The molecule has 0 saturated heterocycles. The lowest BCUT2D eigenvalue weighted by molar-refractivity contribution is -0.107. The highest BCUT2D eigenvalue weighted by Gasteiger charge is 1.87. The minimum absolute atomic E-state index is 0.629. The Morgan fingerprint density at radius 1 is 0.895 bits per heavy atom. The molecule has 0 aliphatic carbocycles. The Labute approximate surface area is 115 Å². The quantitative estimate of drug-likeness (QED) is 0.763.